The zero-order valence-electron chi connectivity index (χ0n) is 11.2. The van der Waals surface area contributed by atoms with Gasteiger partial charge in [0, 0.05) is 20.9 Å². The molecule has 1 nitrogen and oxygen atoms in total. The van der Waals surface area contributed by atoms with Gasteiger partial charge < -0.3 is 4.98 Å². The molecule has 1 heterocycles. The summed E-state index contributed by atoms with van der Waals surface area (Å²) in [5.41, 5.74) is 3.62. The second kappa shape index (κ2) is 5.63. The van der Waals surface area contributed by atoms with Gasteiger partial charge in [0.25, 0.3) is 0 Å². The molecule has 1 aliphatic rings. The quantitative estimate of drug-likeness (QED) is 0.793. The van der Waals surface area contributed by atoms with Crippen LogP contribution < -0.4 is 10.6 Å². The molecule has 2 aromatic rings. The van der Waals surface area contributed by atoms with Crippen LogP contribution in [-0.2, 0) is 0 Å². The number of alkyl halides is 1. The summed E-state index contributed by atoms with van der Waals surface area (Å²) in [6.45, 7) is 2.16. The molecule has 0 spiro atoms. The van der Waals surface area contributed by atoms with Crippen LogP contribution in [0.4, 0.5) is 0 Å². The maximum atomic E-state index is 5.89. The van der Waals surface area contributed by atoms with E-state index in [2.05, 4.69) is 52.1 Å². The van der Waals surface area contributed by atoms with Crippen molar-refractivity contribution in [2.24, 2.45) is 0 Å². The Balaban J connectivity index is 1.97. The Morgan fingerprint density at radius 1 is 1.25 bits per heavy atom. The van der Waals surface area contributed by atoms with E-state index in [1.807, 2.05) is 24.3 Å². The molecule has 20 heavy (non-hydrogen) atoms. The third-order valence-electron chi connectivity index (χ3n) is 3.57. The summed E-state index contributed by atoms with van der Waals surface area (Å²) in [6.07, 6.45) is 9.81. The topological polar surface area (TPSA) is 15.8 Å². The average Bonchev–Trinajstić information content (AvgIpc) is 2.74. The van der Waals surface area contributed by atoms with Crippen molar-refractivity contribution in [2.75, 3.05) is 0 Å². The van der Waals surface area contributed by atoms with Crippen LogP contribution in [0.25, 0.3) is 24.3 Å². The van der Waals surface area contributed by atoms with Crippen molar-refractivity contribution in [2.45, 2.75) is 18.2 Å². The highest BCUT2D eigenvalue weighted by Gasteiger charge is 2.08. The van der Waals surface area contributed by atoms with Gasteiger partial charge in [0.1, 0.15) is 0 Å². The van der Waals surface area contributed by atoms with Crippen LogP contribution in [0.1, 0.15) is 23.2 Å². The summed E-state index contributed by atoms with van der Waals surface area (Å²) >= 11 is 9.53. The Kier molecular flexibility index (Phi) is 3.86. The Labute approximate surface area is 131 Å². The molecule has 0 saturated carbocycles. The summed E-state index contributed by atoms with van der Waals surface area (Å²) in [5, 5.41) is 3.31. The molecule has 3 rings (SSSR count). The van der Waals surface area contributed by atoms with Gasteiger partial charge in [-0.15, -0.1) is 0 Å². The summed E-state index contributed by atoms with van der Waals surface area (Å²) < 4.78 is 0. The third kappa shape index (κ3) is 2.77. The SMILES string of the molecule is Cc1c(/C=C/c2ccc(Cl)cc2)[nH]c2c1=CCC(Br)C=2. The smallest absolute Gasteiger partial charge is 0.0428 e. The standard InChI is InChI=1S/C17H15BrClN/c1-11-15-8-5-13(18)10-17(15)20-16(11)9-4-12-2-6-14(19)7-3-12/h2-4,6-10,13,20H,5H2,1H3/b9-4+. The van der Waals surface area contributed by atoms with Crippen molar-refractivity contribution >= 4 is 51.8 Å². The molecule has 1 unspecified atom stereocenters. The highest BCUT2D eigenvalue weighted by atomic mass is 79.9. The number of hydrogen-bond donors (Lipinski definition) is 1. The van der Waals surface area contributed by atoms with E-state index in [4.69, 9.17) is 11.6 Å². The van der Waals surface area contributed by atoms with Gasteiger partial charge >= 0.3 is 0 Å². The predicted octanol–water partition coefficient (Wildman–Crippen LogP) is 3.88. The Morgan fingerprint density at radius 3 is 2.75 bits per heavy atom. The molecule has 0 fully saturated rings. The molecular formula is C17H15BrClN. The molecule has 102 valence electrons. The fourth-order valence-electron chi connectivity index (χ4n) is 2.45. The molecule has 3 heteroatoms. The fraction of sp³-hybridized carbons (Fsp3) is 0.176. The lowest BCUT2D eigenvalue weighted by Gasteiger charge is -2.02. The van der Waals surface area contributed by atoms with Crippen LogP contribution in [-0.4, -0.2) is 9.81 Å². The van der Waals surface area contributed by atoms with Gasteiger partial charge in [0.2, 0.25) is 0 Å². The van der Waals surface area contributed by atoms with Crippen LogP contribution >= 0.6 is 27.5 Å². The third-order valence-corrected chi connectivity index (χ3v) is 4.46. The molecule has 1 aromatic carbocycles. The van der Waals surface area contributed by atoms with Crippen LogP contribution in [0.2, 0.25) is 5.02 Å². The van der Waals surface area contributed by atoms with Gasteiger partial charge in [-0.25, -0.2) is 0 Å². The van der Waals surface area contributed by atoms with Gasteiger partial charge in [-0.3, -0.25) is 0 Å². The van der Waals surface area contributed by atoms with E-state index >= 15 is 0 Å². The lowest BCUT2D eigenvalue weighted by molar-refractivity contribution is 1.13. The number of halogens is 2. The Hall–Kier alpha value is -1.25. The van der Waals surface area contributed by atoms with Gasteiger partial charge in [0.05, 0.1) is 0 Å². The molecule has 0 radical (unpaired) electrons. The maximum absolute atomic E-state index is 5.89. The van der Waals surface area contributed by atoms with Crippen molar-refractivity contribution in [3.8, 4) is 0 Å². The zero-order chi connectivity index (χ0) is 14.1. The number of aromatic amines is 1. The first-order valence-electron chi connectivity index (χ1n) is 6.62. The second-order valence-corrected chi connectivity index (χ2v) is 6.61. The number of hydrogen-bond acceptors (Lipinski definition) is 0. The van der Waals surface area contributed by atoms with Gasteiger partial charge in [-0.1, -0.05) is 51.8 Å². The van der Waals surface area contributed by atoms with E-state index in [1.165, 1.54) is 21.8 Å². The largest absolute Gasteiger partial charge is 0.355 e. The summed E-state index contributed by atoms with van der Waals surface area (Å²) in [4.78, 5) is 3.92. The molecule has 0 saturated heterocycles. The molecule has 0 bridgehead atoms. The Bertz CT molecular complexity index is 769. The summed E-state index contributed by atoms with van der Waals surface area (Å²) in [5.74, 6) is 0. The molecule has 1 aliphatic carbocycles. The molecule has 1 atom stereocenters. The minimum absolute atomic E-state index is 0.432. The van der Waals surface area contributed by atoms with Gasteiger partial charge in [0.15, 0.2) is 0 Å². The maximum Gasteiger partial charge on any atom is 0.0428 e. The van der Waals surface area contributed by atoms with E-state index < -0.39 is 0 Å². The Morgan fingerprint density at radius 2 is 2.00 bits per heavy atom. The second-order valence-electron chi connectivity index (χ2n) is 5.00. The van der Waals surface area contributed by atoms with E-state index in [9.17, 15) is 0 Å². The van der Waals surface area contributed by atoms with Crippen molar-refractivity contribution < 1.29 is 0 Å². The molecule has 0 amide bonds. The fourth-order valence-corrected chi connectivity index (χ4v) is 3.02. The minimum atomic E-state index is 0.432. The van der Waals surface area contributed by atoms with Crippen molar-refractivity contribution in [1.29, 1.82) is 0 Å². The zero-order valence-corrected chi connectivity index (χ0v) is 13.5. The average molecular weight is 349 g/mol. The van der Waals surface area contributed by atoms with Gasteiger partial charge in [-0.2, -0.15) is 0 Å². The first-order chi connectivity index (χ1) is 9.63. The molecule has 1 N–H and O–H groups in total. The number of rotatable bonds is 2. The monoisotopic (exact) mass is 347 g/mol. The molecule has 0 aliphatic heterocycles. The summed E-state index contributed by atoms with van der Waals surface area (Å²) in [7, 11) is 0. The van der Waals surface area contributed by atoms with Crippen LogP contribution in [0.3, 0.4) is 0 Å². The van der Waals surface area contributed by atoms with Crippen molar-refractivity contribution in [3.05, 3.63) is 56.7 Å². The van der Waals surface area contributed by atoms with Crippen LogP contribution in [0.5, 0.6) is 0 Å². The van der Waals surface area contributed by atoms with E-state index in [1.54, 1.807) is 0 Å². The van der Waals surface area contributed by atoms with E-state index in [0.29, 0.717) is 4.83 Å². The minimum Gasteiger partial charge on any atom is -0.355 e. The normalized spacial score (nSPS) is 17.6. The first-order valence-corrected chi connectivity index (χ1v) is 7.91. The van der Waals surface area contributed by atoms with E-state index in [-0.39, 0.29) is 0 Å². The van der Waals surface area contributed by atoms with Crippen molar-refractivity contribution in [1.82, 2.24) is 4.98 Å². The van der Waals surface area contributed by atoms with Gasteiger partial charge in [-0.05, 0) is 54.0 Å². The molecule has 1 aromatic heterocycles. The highest BCUT2D eigenvalue weighted by Crippen LogP contribution is 2.14. The number of aromatic nitrogens is 1. The van der Waals surface area contributed by atoms with Crippen molar-refractivity contribution in [3.63, 3.8) is 0 Å². The predicted molar refractivity (Wildman–Crippen MR) is 91.4 cm³/mol. The number of nitrogens with one attached hydrogen (secondary N) is 1. The van der Waals surface area contributed by atoms with Crippen LogP contribution in [0, 0.1) is 6.92 Å². The number of benzene rings is 1. The summed E-state index contributed by atoms with van der Waals surface area (Å²) in [6, 6.07) is 7.85. The molecular weight excluding hydrogens is 334 g/mol. The lowest BCUT2D eigenvalue weighted by atomic mass is 10.1. The van der Waals surface area contributed by atoms with Crippen LogP contribution in [0.15, 0.2) is 24.3 Å². The number of fused-ring (bicyclic) bond motifs is 1. The van der Waals surface area contributed by atoms with E-state index in [0.717, 1.165) is 17.0 Å². The lowest BCUT2D eigenvalue weighted by Crippen LogP contribution is -2.28. The highest BCUT2D eigenvalue weighted by molar-refractivity contribution is 9.09. The first kappa shape index (κ1) is 13.7. The number of H-pyrrole nitrogens is 1.